The molecule has 1 aromatic heterocycles. The second kappa shape index (κ2) is 8.84. The summed E-state index contributed by atoms with van der Waals surface area (Å²) in [6, 6.07) is 25.4. The molecule has 1 N–H and O–H groups in total. The van der Waals surface area contributed by atoms with Crippen LogP contribution in [-0.2, 0) is 0 Å². The molecule has 1 aliphatic heterocycles. The molecule has 0 unspecified atom stereocenters. The molecule has 3 aliphatic rings. The number of aryl methyl sites for hydroxylation is 1. The van der Waals surface area contributed by atoms with Crippen LogP contribution < -0.4 is 10.7 Å². The van der Waals surface area contributed by atoms with Crippen molar-refractivity contribution in [2.24, 2.45) is 4.99 Å². The topological polar surface area (TPSA) is 55.1 Å². The van der Waals surface area contributed by atoms with E-state index >= 15 is 0 Å². The van der Waals surface area contributed by atoms with E-state index in [0.717, 1.165) is 68.9 Å². The van der Waals surface area contributed by atoms with E-state index in [1.807, 2.05) is 31.3 Å². The zero-order chi connectivity index (χ0) is 23.8. The van der Waals surface area contributed by atoms with Crippen LogP contribution in [0.25, 0.3) is 34.2 Å². The van der Waals surface area contributed by atoms with Gasteiger partial charge in [-0.3, -0.25) is 9.98 Å². The normalized spacial score (nSPS) is 14.3. The van der Waals surface area contributed by atoms with Crippen molar-refractivity contribution in [2.45, 2.75) is 32.2 Å². The Kier molecular flexibility index (Phi) is 5.38. The first kappa shape index (κ1) is 21.3. The van der Waals surface area contributed by atoms with Gasteiger partial charge in [-0.25, -0.2) is 4.98 Å². The van der Waals surface area contributed by atoms with E-state index in [2.05, 4.69) is 82.1 Å². The molecule has 35 heavy (non-hydrogen) atoms. The molecule has 3 aromatic rings. The molecule has 0 spiro atoms. The highest BCUT2D eigenvalue weighted by atomic mass is 15.0. The molecule has 5 heteroatoms. The minimum absolute atomic E-state index is 0.372. The van der Waals surface area contributed by atoms with Gasteiger partial charge in [-0.05, 0) is 80.3 Å². The maximum Gasteiger partial charge on any atom is 0.0900 e. The molecular formula is C30H27N5. The molecule has 0 bridgehead atoms. The highest BCUT2D eigenvalue weighted by Gasteiger charge is 2.19. The van der Waals surface area contributed by atoms with Crippen molar-refractivity contribution in [3.8, 4) is 17.1 Å². The van der Waals surface area contributed by atoms with Gasteiger partial charge in [0.05, 0.1) is 50.9 Å². The summed E-state index contributed by atoms with van der Waals surface area (Å²) < 4.78 is 2.28. The summed E-state index contributed by atoms with van der Waals surface area (Å²) in [4.78, 5) is 14.6. The average Bonchev–Trinajstić information content (AvgIpc) is 2.86. The fourth-order valence-corrected chi connectivity index (χ4v) is 4.56. The summed E-state index contributed by atoms with van der Waals surface area (Å²) in [5, 5.41) is 4.55. The molecule has 6 rings (SSSR count). The third-order valence-electron chi connectivity index (χ3n) is 6.76. The van der Waals surface area contributed by atoms with Crippen molar-refractivity contribution < 1.29 is 0 Å². The van der Waals surface area contributed by atoms with Gasteiger partial charge in [-0.2, -0.15) is 0 Å². The van der Waals surface area contributed by atoms with Crippen molar-refractivity contribution in [1.29, 1.82) is 0 Å². The smallest absolute Gasteiger partial charge is 0.0900 e. The minimum Gasteiger partial charge on any atom is -0.352 e. The number of pyridine rings is 1. The molecule has 0 atom stereocenters. The number of nitrogens with one attached hydrogen (secondary N) is 1. The number of hydrogen-bond acceptors (Lipinski definition) is 4. The van der Waals surface area contributed by atoms with Gasteiger partial charge in [-0.15, -0.1) is 0 Å². The first-order valence-corrected chi connectivity index (χ1v) is 12.1. The maximum atomic E-state index is 5.15. The largest absolute Gasteiger partial charge is 0.352 e. The monoisotopic (exact) mass is 457 g/mol. The van der Waals surface area contributed by atoms with Gasteiger partial charge in [-0.1, -0.05) is 36.9 Å². The second-order valence-electron chi connectivity index (χ2n) is 9.06. The van der Waals surface area contributed by atoms with Gasteiger partial charge in [0, 0.05) is 11.9 Å². The lowest BCUT2D eigenvalue weighted by molar-refractivity contribution is 0.413. The first-order valence-electron chi connectivity index (χ1n) is 12.1. The van der Waals surface area contributed by atoms with Crippen LogP contribution >= 0.6 is 0 Å². The van der Waals surface area contributed by atoms with E-state index in [-0.39, 0.29) is 0 Å². The zero-order valence-electron chi connectivity index (χ0n) is 19.8. The van der Waals surface area contributed by atoms with Gasteiger partial charge in [0.1, 0.15) is 0 Å². The second-order valence-corrected chi connectivity index (χ2v) is 9.06. The lowest BCUT2D eigenvalue weighted by Gasteiger charge is -2.23. The van der Waals surface area contributed by atoms with E-state index in [1.165, 1.54) is 6.42 Å². The third kappa shape index (κ3) is 3.99. The fourth-order valence-electron chi connectivity index (χ4n) is 4.56. The number of benzene rings is 3. The summed E-state index contributed by atoms with van der Waals surface area (Å²) in [5.41, 5.74) is 9.00. The van der Waals surface area contributed by atoms with Crippen LogP contribution in [0, 0.1) is 6.92 Å². The Bertz CT molecular complexity index is 1580. The van der Waals surface area contributed by atoms with Crippen LogP contribution in [0.4, 0.5) is 11.4 Å². The zero-order valence-corrected chi connectivity index (χ0v) is 19.8. The number of rotatable bonds is 5. The molecule has 2 aliphatic carbocycles. The predicted octanol–water partition coefficient (Wildman–Crippen LogP) is 6.67. The van der Waals surface area contributed by atoms with Crippen molar-refractivity contribution in [3.63, 3.8) is 0 Å². The van der Waals surface area contributed by atoms with Crippen molar-refractivity contribution in [3.05, 3.63) is 102 Å². The van der Waals surface area contributed by atoms with Crippen LogP contribution in [0.3, 0.4) is 0 Å². The number of hydrogen-bond donors (Lipinski definition) is 1. The van der Waals surface area contributed by atoms with Gasteiger partial charge >= 0.3 is 0 Å². The van der Waals surface area contributed by atoms with Crippen LogP contribution in [-0.4, -0.2) is 20.6 Å². The lowest BCUT2D eigenvalue weighted by Crippen LogP contribution is -2.22. The number of anilines is 2. The quantitative estimate of drug-likeness (QED) is 0.300. The Morgan fingerprint density at radius 3 is 2.57 bits per heavy atom. The molecule has 0 radical (unpaired) electrons. The van der Waals surface area contributed by atoms with Crippen molar-refractivity contribution >= 4 is 28.5 Å². The first-order chi connectivity index (χ1) is 17.2. The van der Waals surface area contributed by atoms with Crippen LogP contribution in [0.5, 0.6) is 0 Å². The predicted molar refractivity (Wildman–Crippen MR) is 143 cm³/mol. The molecule has 2 aromatic carbocycles. The fraction of sp³-hybridized carbons (Fsp3) is 0.167. The molecule has 0 saturated heterocycles. The number of fused-ring (bicyclic) bond motifs is 2. The Hall–Kier alpha value is -4.25. The Morgan fingerprint density at radius 1 is 1.00 bits per heavy atom. The van der Waals surface area contributed by atoms with Crippen LogP contribution in [0.2, 0.25) is 0 Å². The molecule has 2 heterocycles. The summed E-state index contributed by atoms with van der Waals surface area (Å²) >= 11 is 0. The molecule has 1 fully saturated rings. The Balaban J connectivity index is 1.63. The lowest BCUT2D eigenvalue weighted by atomic mass is 9.94. The Morgan fingerprint density at radius 2 is 1.83 bits per heavy atom. The molecule has 5 nitrogen and oxygen atoms in total. The SMILES string of the molecule is C=Cc1ccc(-n2c3cc(=NC4CCC4)c(Nc4cccnc4C)cc-3nc3ccccc32)cc1. The van der Waals surface area contributed by atoms with E-state index < -0.39 is 0 Å². The van der Waals surface area contributed by atoms with Crippen LogP contribution in [0.1, 0.15) is 30.5 Å². The van der Waals surface area contributed by atoms with E-state index in [1.54, 1.807) is 0 Å². The average molecular weight is 458 g/mol. The molecule has 172 valence electrons. The number of aromatic nitrogens is 3. The van der Waals surface area contributed by atoms with Gasteiger partial charge in [0.2, 0.25) is 0 Å². The maximum absolute atomic E-state index is 5.15. The molecule has 1 saturated carbocycles. The molecule has 0 amide bonds. The summed E-state index contributed by atoms with van der Waals surface area (Å²) in [6.07, 6.45) is 7.21. The Labute approximate surface area is 204 Å². The standard InChI is InChI=1S/C30H27N5/c1-3-21-13-15-23(16-14-21)35-29-12-5-4-10-25(29)34-28-18-26(33-24-11-7-17-31-20(24)2)27(19-30(28)35)32-22-8-6-9-22/h3-5,7,10-19,22,33H,1,6,8-9H2,2H3. The highest BCUT2D eigenvalue weighted by Crippen LogP contribution is 2.31. The summed E-state index contributed by atoms with van der Waals surface area (Å²) in [6.45, 7) is 5.91. The van der Waals surface area contributed by atoms with E-state index in [4.69, 9.17) is 9.98 Å². The van der Waals surface area contributed by atoms with Crippen molar-refractivity contribution in [1.82, 2.24) is 14.5 Å². The third-order valence-corrected chi connectivity index (χ3v) is 6.76. The minimum atomic E-state index is 0.372. The van der Waals surface area contributed by atoms with E-state index in [9.17, 15) is 0 Å². The van der Waals surface area contributed by atoms with Crippen LogP contribution in [0.15, 0.2) is 90.6 Å². The number of nitrogens with zero attached hydrogens (tertiary/aromatic N) is 4. The summed E-state index contributed by atoms with van der Waals surface area (Å²) in [7, 11) is 0. The van der Waals surface area contributed by atoms with E-state index in [0.29, 0.717) is 6.04 Å². The highest BCUT2D eigenvalue weighted by molar-refractivity contribution is 5.84. The van der Waals surface area contributed by atoms with Crippen molar-refractivity contribution in [2.75, 3.05) is 5.32 Å². The molecular weight excluding hydrogens is 430 g/mol. The number of para-hydroxylation sites is 2. The van der Waals surface area contributed by atoms with Gasteiger partial charge in [0.25, 0.3) is 0 Å². The van der Waals surface area contributed by atoms with Gasteiger partial charge in [0.15, 0.2) is 0 Å². The summed E-state index contributed by atoms with van der Waals surface area (Å²) in [5.74, 6) is 0. The van der Waals surface area contributed by atoms with Gasteiger partial charge < -0.3 is 9.88 Å².